The summed E-state index contributed by atoms with van der Waals surface area (Å²) in [5.74, 6) is -1.75. The molecule has 3 aromatic carbocycles. The van der Waals surface area contributed by atoms with E-state index in [1.807, 2.05) is 12.1 Å². The molecule has 6 saturated heterocycles. The number of ether oxygens (including phenoxy) is 2. The Morgan fingerprint density at radius 3 is 1.01 bits per heavy atom. The Labute approximate surface area is 711 Å². The molecule has 0 aliphatic carbocycles. The molecule has 6 bridgehead atoms. The number of thiocarbonyl (C=S) groups is 3. The number of fused-ring (bicyclic) bond motifs is 12. The Morgan fingerprint density at radius 1 is 0.460 bits per heavy atom. The summed E-state index contributed by atoms with van der Waals surface area (Å²) < 4.78 is 10.1. The molecule has 27 nitrogen and oxygen atoms in total. The Kier molecular flexibility index (Phi) is 50.8. The molecule has 8 atom stereocenters. The number of carbonyl (C=O) groups excluding carboxylic acids is 2. The number of nitrogens with one attached hydrogen (secondary N) is 2. The summed E-state index contributed by atoms with van der Waals surface area (Å²) in [5, 5.41) is 46.6. The minimum absolute atomic E-state index is 0. The number of aliphatic carboxylic acids is 4. The van der Waals surface area contributed by atoms with Crippen molar-refractivity contribution in [2.24, 2.45) is 22.7 Å². The van der Waals surface area contributed by atoms with Crippen LogP contribution in [0.2, 0.25) is 0 Å². The first kappa shape index (κ1) is 98.8. The summed E-state index contributed by atoms with van der Waals surface area (Å²) >= 11 is 16.1. The average Bonchev–Trinajstić information content (AvgIpc) is 1.87. The van der Waals surface area contributed by atoms with Gasteiger partial charge in [0.1, 0.15) is 13.5 Å². The third-order valence-electron chi connectivity index (χ3n) is 21.2. The van der Waals surface area contributed by atoms with Gasteiger partial charge in [-0.25, -0.2) is 0 Å². The fourth-order valence-corrected chi connectivity index (χ4v) is 16.1. The maximum absolute atomic E-state index is 11.4. The zero-order valence-electron chi connectivity index (χ0n) is 66.0. The van der Waals surface area contributed by atoms with Crippen molar-refractivity contribution >= 4 is 120 Å². The first-order valence-corrected chi connectivity index (χ1v) is 43.3. The van der Waals surface area contributed by atoms with Gasteiger partial charge >= 0.3 is 57.2 Å². The number of hydrogen-bond donors (Lipinski definition) is 6. The van der Waals surface area contributed by atoms with Gasteiger partial charge in [-0.1, -0.05) is 67.7 Å². The third-order valence-corrected chi connectivity index (χ3v) is 22.0. The van der Waals surface area contributed by atoms with Gasteiger partial charge < -0.3 is 69.9 Å². The van der Waals surface area contributed by atoms with Crippen LogP contribution in [-0.4, -0.2) is 374 Å². The minimum atomic E-state index is -0.773. The number of nitrogens with zero attached hydrogens (tertiary/aromatic N) is 13. The Balaban J connectivity index is 0.000000296. The number of hydrogen-bond acceptors (Lipinski definition) is 24. The number of carboxylic acid groups (broad SMARTS) is 4. The van der Waals surface area contributed by atoms with Crippen molar-refractivity contribution in [2.75, 3.05) is 248 Å². The van der Waals surface area contributed by atoms with Gasteiger partial charge in [-0.05, 0) is 197 Å². The number of rotatable bonds is 25. The number of isothiocyanates is 1. The van der Waals surface area contributed by atoms with Gasteiger partial charge in [0.05, 0.1) is 37.0 Å². The van der Waals surface area contributed by atoms with Crippen molar-refractivity contribution in [3.05, 3.63) is 95.1 Å². The molecular weight excluding hydrogens is 1650 g/mol. The molecule has 3 aromatic rings. The molecule has 1 radical (unpaired) electrons. The second-order valence-corrected chi connectivity index (χ2v) is 32.8. The van der Waals surface area contributed by atoms with Gasteiger partial charge in [0.15, 0.2) is 5.11 Å². The van der Waals surface area contributed by atoms with Gasteiger partial charge in [0.25, 0.3) is 12.9 Å². The predicted octanol–water partition coefficient (Wildman–Crippen LogP) is 6.53. The molecule has 9 rings (SSSR count). The zero-order chi connectivity index (χ0) is 80.7. The van der Waals surface area contributed by atoms with Crippen LogP contribution in [0.4, 0.5) is 11.4 Å². The molecule has 6 heterocycles. The topological polar surface area (TPSA) is 277 Å². The summed E-state index contributed by atoms with van der Waals surface area (Å²) in [6, 6.07) is 25.6. The van der Waals surface area contributed by atoms with Crippen LogP contribution in [0.1, 0.15) is 74.1 Å². The summed E-state index contributed by atoms with van der Waals surface area (Å²) in [6.07, 6.45) is 10.3. The molecule has 6 N–H and O–H groups in total. The molecule has 6 aliphatic heterocycles. The molecule has 113 heavy (non-hydrogen) atoms. The van der Waals surface area contributed by atoms with E-state index in [0.717, 1.165) is 296 Å². The van der Waals surface area contributed by atoms with Crippen molar-refractivity contribution in [3.63, 3.8) is 0 Å². The second-order valence-electron chi connectivity index (χ2n) is 30.0. The summed E-state index contributed by atoms with van der Waals surface area (Å²) in [5.41, 5.74) is 6.96. The van der Waals surface area contributed by atoms with E-state index in [1.54, 1.807) is 7.05 Å². The van der Waals surface area contributed by atoms with Crippen LogP contribution in [0.15, 0.2) is 77.8 Å². The van der Waals surface area contributed by atoms with Gasteiger partial charge in [-0.3, -0.25) is 58.2 Å². The number of anilines is 1. The van der Waals surface area contributed by atoms with E-state index in [1.165, 1.54) is 22.3 Å². The van der Waals surface area contributed by atoms with E-state index in [2.05, 4.69) is 167 Å². The number of halogens is 2. The second kappa shape index (κ2) is 58.1. The van der Waals surface area contributed by atoms with E-state index in [4.69, 9.17) is 46.1 Å². The predicted molar refractivity (Wildman–Crippen MR) is 449 cm³/mol. The normalized spacial score (nSPS) is 24.1. The first-order chi connectivity index (χ1) is 54.2. The molecule has 0 spiro atoms. The zero-order valence-corrected chi connectivity index (χ0v) is 71.8. The molecule has 6 fully saturated rings. The number of carboxylic acids is 4. The molecule has 0 amide bonds. The van der Waals surface area contributed by atoms with Gasteiger partial charge in [-0.15, -0.1) is 0 Å². The monoisotopic (exact) mass is 1770 g/mol. The van der Waals surface area contributed by atoms with Crippen molar-refractivity contribution in [1.82, 2.24) is 64.1 Å². The van der Waals surface area contributed by atoms with Crippen LogP contribution >= 0.6 is 56.8 Å². The van der Waals surface area contributed by atoms with Crippen molar-refractivity contribution < 1.29 is 88.9 Å². The average molecular weight is 1770 g/mol. The van der Waals surface area contributed by atoms with Crippen LogP contribution in [0.3, 0.4) is 0 Å². The summed E-state index contributed by atoms with van der Waals surface area (Å²) in [7, 11) is 11.1. The molecule has 34 heteroatoms. The van der Waals surface area contributed by atoms with E-state index in [-0.39, 0.29) is 43.2 Å². The van der Waals surface area contributed by atoms with Crippen molar-refractivity contribution in [3.8, 4) is 0 Å². The quantitative estimate of drug-likeness (QED) is 0.0228. The van der Waals surface area contributed by atoms with E-state index < -0.39 is 23.9 Å². The summed E-state index contributed by atoms with van der Waals surface area (Å²) in [4.78, 5) is 99.9. The molecule has 0 aromatic heterocycles. The number of benzene rings is 3. The first-order valence-electron chi connectivity index (χ1n) is 39.5. The van der Waals surface area contributed by atoms with Crippen LogP contribution in [0.25, 0.3) is 0 Å². The van der Waals surface area contributed by atoms with Crippen LogP contribution in [-0.2, 0) is 94.1 Å². The third kappa shape index (κ3) is 42.9. The van der Waals surface area contributed by atoms with Crippen LogP contribution < -0.4 is 10.6 Å². The fourth-order valence-electron chi connectivity index (χ4n) is 15.7. The molecule has 0 saturated carbocycles. The van der Waals surface area contributed by atoms with Gasteiger partial charge in [0.2, 0.25) is 0 Å². The Hall–Kier alpha value is -4.80. The standard InChI is InChI=1S/C28H44N4O4S.C26H42N6O4S.C25H37N5O4S.2ClH.2Cu/c1-2-26(37)18-24-7-5-23(6-8-24)17-25-19-29-9-3-11-31(21-27(33)34)15-14-30(20-25)10-4-12-32(16-13-29)22-28(35)36;1-27-26(37)28-24-6-4-22(5-7-24)16-23-17-29-9-3-11-32(20-36-21-33)15-14-30(18-23)8-2-10-31(13-12-29)19-25(34)35;31-21-34-20-30-10-2-8-27-11-12-29(18-25(32)33)9-1-7-28(13-14-30)17-23(16-27)15-22-3-5-24(6-4-22)26-19-35;;;;/h5-8,25H,2-4,9-22H2,1H3,(H,33,34)(H,35,36);4-7,21,23H,2-3,8-20H2,1H3,(H,34,35)(H2,27,28,37);3-6,21,23H,1-2,7-18,20H2,(H,32,33);2*1H;;/q;;;;;;+2/p-2/i;;;;;2*1+0. The van der Waals surface area contributed by atoms with Gasteiger partial charge in [-0.2, -0.15) is 4.99 Å². The Bertz CT molecular complexity index is 3270. The van der Waals surface area contributed by atoms with Gasteiger partial charge in [0, 0.05) is 193 Å². The van der Waals surface area contributed by atoms with Crippen molar-refractivity contribution in [1.29, 1.82) is 0 Å². The van der Waals surface area contributed by atoms with Crippen LogP contribution in [0, 0.1) is 17.8 Å². The molecule has 6 aliphatic rings. The molecule has 640 valence electrons. The number of carbonyl (C=O) groups is 6. The van der Waals surface area contributed by atoms with E-state index >= 15 is 0 Å². The maximum atomic E-state index is 11.4. The van der Waals surface area contributed by atoms with Crippen molar-refractivity contribution in [2.45, 2.75) is 77.6 Å². The Morgan fingerprint density at radius 2 is 0.735 bits per heavy atom. The van der Waals surface area contributed by atoms with Crippen LogP contribution in [0.5, 0.6) is 0 Å². The molecule has 8 unspecified atom stereocenters. The summed E-state index contributed by atoms with van der Waals surface area (Å²) in [6.45, 7) is 30.0. The SMILES string of the molecule is CCC(=S)Cc1ccc(CC2CN3CCCN(CC(=O)O)CCN(CCCN(CC(=O)O)CC3)C2)cc1.CNC(=S)Nc1ccc(CC2CN3CCCN(CC(=O)O)CCN(CCCN(COC=O)CC3)C2)cc1.O=COCN1CCCN2CCN(CC(=O)O)CCCN(CC1)CC(Cc1ccc(N=C=S)cc1)C2.[64Cu].[Cl][64Cu][Cl]. The van der Waals surface area contributed by atoms with E-state index in [9.17, 15) is 49.2 Å². The molecular formula is C79H123Cl2Cu2N15O12S3. The number of aliphatic imine (C=N–C) groups is 1. The van der Waals surface area contributed by atoms with E-state index in [0.29, 0.717) is 49.3 Å². The fraction of sp³-hybridized carbons (Fsp3) is 0.658.